The fraction of sp³-hybridized carbons (Fsp3) is 0.458. The van der Waals surface area contributed by atoms with Gasteiger partial charge in [-0.05, 0) is 54.0 Å². The number of rotatable bonds is 7. The third-order valence-corrected chi connectivity index (χ3v) is 4.91. The van der Waals surface area contributed by atoms with Gasteiger partial charge in [0, 0.05) is 0 Å². The molecule has 1 amide bonds. The number of hydrogen-bond acceptors (Lipinski definition) is 2. The fourth-order valence-corrected chi connectivity index (χ4v) is 2.95. The Bertz CT molecular complexity index is 726. The minimum absolute atomic E-state index is 0.0633. The molecule has 0 bridgehead atoms. The fourth-order valence-electron chi connectivity index (χ4n) is 2.95. The summed E-state index contributed by atoms with van der Waals surface area (Å²) in [7, 11) is 0. The Balaban J connectivity index is 2.00. The number of carbonyl (C=O) groups excluding carboxylic acids is 1. The van der Waals surface area contributed by atoms with Crippen LogP contribution in [0.15, 0.2) is 48.5 Å². The van der Waals surface area contributed by atoms with Crippen LogP contribution in [0.4, 0.5) is 0 Å². The Morgan fingerprint density at radius 2 is 1.59 bits per heavy atom. The van der Waals surface area contributed by atoms with Crippen molar-refractivity contribution in [3.63, 3.8) is 0 Å². The third kappa shape index (κ3) is 5.85. The summed E-state index contributed by atoms with van der Waals surface area (Å²) in [5, 5.41) is 3.08. The highest BCUT2D eigenvalue weighted by atomic mass is 16.5. The number of nitrogens with one attached hydrogen (secondary N) is 1. The molecule has 2 aromatic carbocycles. The maximum Gasteiger partial charge on any atom is 0.261 e. The van der Waals surface area contributed by atoms with Crippen LogP contribution in [0, 0.1) is 0 Å². The molecule has 27 heavy (non-hydrogen) atoms. The van der Waals surface area contributed by atoms with Crippen LogP contribution in [0.3, 0.4) is 0 Å². The first-order valence-electron chi connectivity index (χ1n) is 9.91. The zero-order chi connectivity index (χ0) is 20.0. The molecule has 0 heterocycles. The predicted octanol–water partition coefficient (Wildman–Crippen LogP) is 5.58. The molecular weight excluding hydrogens is 334 g/mol. The van der Waals surface area contributed by atoms with E-state index < -0.39 is 6.10 Å². The summed E-state index contributed by atoms with van der Waals surface area (Å²) >= 11 is 0. The summed E-state index contributed by atoms with van der Waals surface area (Å²) in [4.78, 5) is 12.7. The van der Waals surface area contributed by atoms with Gasteiger partial charge >= 0.3 is 0 Å². The minimum Gasteiger partial charge on any atom is -0.481 e. The highest BCUT2D eigenvalue weighted by Crippen LogP contribution is 2.24. The van der Waals surface area contributed by atoms with Crippen molar-refractivity contribution in [1.29, 1.82) is 0 Å². The van der Waals surface area contributed by atoms with Crippen molar-refractivity contribution in [2.75, 3.05) is 0 Å². The maximum absolute atomic E-state index is 12.7. The van der Waals surface area contributed by atoms with Gasteiger partial charge in [-0.2, -0.15) is 0 Å². The molecule has 0 aliphatic heterocycles. The van der Waals surface area contributed by atoms with Crippen molar-refractivity contribution in [2.45, 2.75) is 71.9 Å². The van der Waals surface area contributed by atoms with Gasteiger partial charge in [0.25, 0.3) is 5.91 Å². The number of benzene rings is 2. The molecule has 0 saturated carbocycles. The van der Waals surface area contributed by atoms with Crippen LogP contribution in [0.5, 0.6) is 5.75 Å². The van der Waals surface area contributed by atoms with Crippen molar-refractivity contribution in [3.05, 3.63) is 65.2 Å². The van der Waals surface area contributed by atoms with Crippen molar-refractivity contribution in [1.82, 2.24) is 5.32 Å². The van der Waals surface area contributed by atoms with Gasteiger partial charge in [-0.25, -0.2) is 0 Å². The Kier molecular flexibility index (Phi) is 7.06. The quantitative estimate of drug-likeness (QED) is 0.693. The molecule has 2 unspecified atom stereocenters. The molecule has 0 aliphatic carbocycles. The first kappa shape index (κ1) is 21.0. The average molecular weight is 368 g/mol. The van der Waals surface area contributed by atoms with Gasteiger partial charge in [0.1, 0.15) is 5.75 Å². The Morgan fingerprint density at radius 1 is 1.00 bits per heavy atom. The summed E-state index contributed by atoms with van der Waals surface area (Å²) in [5.41, 5.74) is 3.76. The molecule has 2 rings (SSSR count). The molecular formula is C24H33NO2. The van der Waals surface area contributed by atoms with E-state index in [0.29, 0.717) is 6.42 Å². The van der Waals surface area contributed by atoms with Crippen molar-refractivity contribution < 1.29 is 9.53 Å². The van der Waals surface area contributed by atoms with E-state index in [4.69, 9.17) is 4.74 Å². The van der Waals surface area contributed by atoms with Gasteiger partial charge in [-0.1, -0.05) is 71.0 Å². The lowest BCUT2D eigenvalue weighted by Crippen LogP contribution is -2.39. The van der Waals surface area contributed by atoms with E-state index in [2.05, 4.69) is 57.3 Å². The number of ether oxygens (including phenoxy) is 1. The predicted molar refractivity (Wildman–Crippen MR) is 112 cm³/mol. The van der Waals surface area contributed by atoms with Crippen molar-refractivity contribution in [2.24, 2.45) is 0 Å². The molecule has 0 aromatic heterocycles. The molecule has 2 atom stereocenters. The lowest BCUT2D eigenvalue weighted by atomic mass is 9.86. The van der Waals surface area contributed by atoms with Gasteiger partial charge in [0.15, 0.2) is 6.10 Å². The lowest BCUT2D eigenvalue weighted by Gasteiger charge is -2.22. The van der Waals surface area contributed by atoms with E-state index in [0.717, 1.165) is 17.7 Å². The zero-order valence-corrected chi connectivity index (χ0v) is 17.5. The number of hydrogen-bond donors (Lipinski definition) is 1. The SMILES string of the molecule is CCc1ccc(OC(CC)C(=O)NC(C)c2ccc(C(C)(C)C)cc2)cc1. The van der Waals surface area contributed by atoms with Gasteiger partial charge in [0.05, 0.1) is 6.04 Å². The molecule has 146 valence electrons. The smallest absolute Gasteiger partial charge is 0.261 e. The number of carbonyl (C=O) groups is 1. The Hall–Kier alpha value is -2.29. The monoisotopic (exact) mass is 367 g/mol. The van der Waals surface area contributed by atoms with Gasteiger partial charge < -0.3 is 10.1 Å². The van der Waals surface area contributed by atoms with E-state index >= 15 is 0 Å². The van der Waals surface area contributed by atoms with Crippen LogP contribution < -0.4 is 10.1 Å². The average Bonchev–Trinajstić information content (AvgIpc) is 2.65. The van der Waals surface area contributed by atoms with Crippen LogP contribution in [0.2, 0.25) is 0 Å². The van der Waals surface area contributed by atoms with Crippen LogP contribution in [0.1, 0.15) is 70.7 Å². The highest BCUT2D eigenvalue weighted by Gasteiger charge is 2.21. The molecule has 1 N–H and O–H groups in total. The summed E-state index contributed by atoms with van der Waals surface area (Å²) in [6, 6.07) is 16.4. The van der Waals surface area contributed by atoms with E-state index in [1.54, 1.807) is 0 Å². The van der Waals surface area contributed by atoms with E-state index in [1.807, 2.05) is 38.1 Å². The zero-order valence-electron chi connectivity index (χ0n) is 17.5. The first-order valence-corrected chi connectivity index (χ1v) is 9.91. The van der Waals surface area contributed by atoms with Gasteiger partial charge in [0.2, 0.25) is 0 Å². The Labute approximate surface area is 164 Å². The van der Waals surface area contributed by atoms with Crippen molar-refractivity contribution >= 4 is 5.91 Å². The molecule has 0 aliphatic rings. The topological polar surface area (TPSA) is 38.3 Å². The minimum atomic E-state index is -0.492. The maximum atomic E-state index is 12.7. The molecule has 3 nitrogen and oxygen atoms in total. The third-order valence-electron chi connectivity index (χ3n) is 4.91. The van der Waals surface area contributed by atoms with E-state index in [9.17, 15) is 4.79 Å². The van der Waals surface area contributed by atoms with Crippen LogP contribution >= 0.6 is 0 Å². The molecule has 2 aromatic rings. The van der Waals surface area contributed by atoms with Crippen LogP contribution in [-0.4, -0.2) is 12.0 Å². The van der Waals surface area contributed by atoms with Gasteiger partial charge in [-0.15, -0.1) is 0 Å². The second-order valence-electron chi connectivity index (χ2n) is 8.11. The second-order valence-corrected chi connectivity index (χ2v) is 8.11. The molecule has 0 saturated heterocycles. The van der Waals surface area contributed by atoms with Crippen molar-refractivity contribution in [3.8, 4) is 5.75 Å². The molecule has 3 heteroatoms. The largest absolute Gasteiger partial charge is 0.481 e. The van der Waals surface area contributed by atoms with E-state index in [1.165, 1.54) is 11.1 Å². The molecule has 0 radical (unpaired) electrons. The number of aryl methyl sites for hydroxylation is 1. The highest BCUT2D eigenvalue weighted by molar-refractivity contribution is 5.81. The number of amides is 1. The normalized spacial score (nSPS) is 13.7. The molecule has 0 spiro atoms. The van der Waals surface area contributed by atoms with Crippen LogP contribution in [-0.2, 0) is 16.6 Å². The van der Waals surface area contributed by atoms with Crippen LogP contribution in [0.25, 0.3) is 0 Å². The van der Waals surface area contributed by atoms with Gasteiger partial charge in [-0.3, -0.25) is 4.79 Å². The second kappa shape index (κ2) is 9.07. The summed E-state index contributed by atoms with van der Waals surface area (Å²) < 4.78 is 5.91. The summed E-state index contributed by atoms with van der Waals surface area (Å²) in [6.45, 7) is 12.7. The van der Waals surface area contributed by atoms with E-state index in [-0.39, 0.29) is 17.4 Å². The summed E-state index contributed by atoms with van der Waals surface area (Å²) in [6.07, 6.45) is 1.12. The Morgan fingerprint density at radius 3 is 2.07 bits per heavy atom. The first-order chi connectivity index (χ1) is 12.7. The lowest BCUT2D eigenvalue weighted by molar-refractivity contribution is -0.128. The molecule has 0 fully saturated rings. The standard InChI is InChI=1S/C24H33NO2/c1-7-18-9-15-21(16-10-18)27-22(8-2)23(26)25-17(3)19-11-13-20(14-12-19)24(4,5)6/h9-17,22H,7-8H2,1-6H3,(H,25,26). The summed E-state index contributed by atoms with van der Waals surface area (Å²) in [5.74, 6) is 0.654.